The van der Waals surface area contributed by atoms with Crippen molar-refractivity contribution in [2.24, 2.45) is 0 Å². The van der Waals surface area contributed by atoms with Crippen LogP contribution in [0.4, 0.5) is 5.69 Å². The zero-order valence-electron chi connectivity index (χ0n) is 14.7. The molecule has 0 saturated carbocycles. The molecule has 0 spiro atoms. The summed E-state index contributed by atoms with van der Waals surface area (Å²) in [5.41, 5.74) is 2.46. The number of nitrogens with one attached hydrogen (secondary N) is 1. The Balaban J connectivity index is 1.50. The van der Waals surface area contributed by atoms with Crippen LogP contribution in [0.2, 0.25) is 0 Å². The Morgan fingerprint density at radius 2 is 1.63 bits per heavy atom. The van der Waals surface area contributed by atoms with E-state index >= 15 is 0 Å². The van der Waals surface area contributed by atoms with E-state index in [0.717, 1.165) is 10.9 Å². The summed E-state index contributed by atoms with van der Waals surface area (Å²) in [5.74, 6) is -0.276. The number of hydrogen-bond acceptors (Lipinski definition) is 4. The van der Waals surface area contributed by atoms with Gasteiger partial charge in [-0.25, -0.2) is 0 Å². The van der Waals surface area contributed by atoms with Crippen molar-refractivity contribution < 1.29 is 14.3 Å². The highest BCUT2D eigenvalue weighted by Crippen LogP contribution is 2.21. The quantitative estimate of drug-likeness (QED) is 0.779. The lowest BCUT2D eigenvalue weighted by Gasteiger charge is -2.26. The number of benzene rings is 2. The largest absolute Gasteiger partial charge is 0.378 e. The minimum Gasteiger partial charge on any atom is -0.378 e. The second kappa shape index (κ2) is 7.55. The van der Waals surface area contributed by atoms with Gasteiger partial charge in [0.15, 0.2) is 0 Å². The zero-order valence-corrected chi connectivity index (χ0v) is 14.7. The number of ether oxygens (including phenoxy) is 1. The second-order valence-corrected chi connectivity index (χ2v) is 6.32. The van der Waals surface area contributed by atoms with Crippen LogP contribution in [0.15, 0.2) is 60.8 Å². The van der Waals surface area contributed by atoms with Crippen molar-refractivity contribution in [1.29, 1.82) is 0 Å². The number of para-hydroxylation sites is 1. The van der Waals surface area contributed by atoms with E-state index in [-0.39, 0.29) is 11.8 Å². The summed E-state index contributed by atoms with van der Waals surface area (Å²) in [4.78, 5) is 31.2. The fourth-order valence-corrected chi connectivity index (χ4v) is 3.11. The first kappa shape index (κ1) is 17.2. The van der Waals surface area contributed by atoms with Crippen LogP contribution in [0.5, 0.6) is 0 Å². The number of morpholine rings is 1. The Hall–Kier alpha value is -3.25. The fraction of sp³-hybridized carbons (Fsp3) is 0.190. The molecule has 6 nitrogen and oxygen atoms in total. The van der Waals surface area contributed by atoms with Crippen LogP contribution in [0, 0.1) is 0 Å². The highest BCUT2D eigenvalue weighted by molar-refractivity contribution is 6.08. The molecule has 2 aromatic carbocycles. The van der Waals surface area contributed by atoms with Crippen molar-refractivity contribution in [3.63, 3.8) is 0 Å². The molecule has 0 aliphatic carbocycles. The number of hydrogen-bond donors (Lipinski definition) is 1. The molecular weight excluding hydrogens is 342 g/mol. The molecule has 136 valence electrons. The normalized spacial score (nSPS) is 14.1. The summed E-state index contributed by atoms with van der Waals surface area (Å²) >= 11 is 0. The molecule has 0 atom stereocenters. The molecule has 3 aromatic rings. The number of aromatic nitrogens is 1. The van der Waals surface area contributed by atoms with Crippen molar-refractivity contribution in [2.45, 2.75) is 0 Å². The third kappa shape index (κ3) is 3.66. The zero-order chi connectivity index (χ0) is 18.6. The third-order valence-electron chi connectivity index (χ3n) is 4.57. The predicted octanol–water partition coefficient (Wildman–Crippen LogP) is 2.96. The van der Waals surface area contributed by atoms with E-state index in [9.17, 15) is 9.59 Å². The van der Waals surface area contributed by atoms with Gasteiger partial charge in [0.25, 0.3) is 11.8 Å². The first-order valence-electron chi connectivity index (χ1n) is 8.84. The number of pyridine rings is 1. The van der Waals surface area contributed by atoms with Gasteiger partial charge in [0.1, 0.15) is 0 Å². The van der Waals surface area contributed by atoms with Gasteiger partial charge in [-0.05, 0) is 36.4 Å². The van der Waals surface area contributed by atoms with Gasteiger partial charge >= 0.3 is 0 Å². The molecule has 0 unspecified atom stereocenters. The van der Waals surface area contributed by atoms with Crippen LogP contribution in [0.25, 0.3) is 10.9 Å². The molecule has 1 aromatic heterocycles. The van der Waals surface area contributed by atoms with Crippen molar-refractivity contribution in [3.8, 4) is 0 Å². The molecule has 4 rings (SSSR count). The van der Waals surface area contributed by atoms with Crippen LogP contribution < -0.4 is 5.32 Å². The minimum atomic E-state index is -0.237. The van der Waals surface area contributed by atoms with Crippen molar-refractivity contribution in [2.75, 3.05) is 31.6 Å². The molecule has 2 amide bonds. The first-order chi connectivity index (χ1) is 13.2. The van der Waals surface area contributed by atoms with Crippen LogP contribution in [-0.2, 0) is 4.74 Å². The van der Waals surface area contributed by atoms with Gasteiger partial charge in [0, 0.05) is 35.8 Å². The second-order valence-electron chi connectivity index (χ2n) is 6.32. The smallest absolute Gasteiger partial charge is 0.255 e. The molecular formula is C21H19N3O3. The van der Waals surface area contributed by atoms with Crippen molar-refractivity contribution in [3.05, 3.63) is 71.9 Å². The highest BCUT2D eigenvalue weighted by atomic mass is 16.5. The van der Waals surface area contributed by atoms with Gasteiger partial charge in [0.05, 0.1) is 24.4 Å². The Bertz CT molecular complexity index is 974. The SMILES string of the molecule is O=C(Nc1cccc2cccnc12)c1ccc(C(=O)N2CCOCC2)cc1. The van der Waals surface area contributed by atoms with Gasteiger partial charge in [-0.3, -0.25) is 14.6 Å². The van der Waals surface area contributed by atoms with Crippen LogP contribution in [0.1, 0.15) is 20.7 Å². The van der Waals surface area contributed by atoms with E-state index in [4.69, 9.17) is 4.74 Å². The average molecular weight is 361 g/mol. The van der Waals surface area contributed by atoms with Crippen molar-refractivity contribution >= 4 is 28.4 Å². The number of fused-ring (bicyclic) bond motifs is 1. The number of amides is 2. The lowest BCUT2D eigenvalue weighted by atomic mass is 10.1. The number of carbonyl (C=O) groups is 2. The molecule has 1 aliphatic heterocycles. The van der Waals surface area contributed by atoms with Crippen LogP contribution in [0.3, 0.4) is 0 Å². The van der Waals surface area contributed by atoms with Gasteiger partial charge in [0.2, 0.25) is 0 Å². The average Bonchev–Trinajstić information content (AvgIpc) is 2.74. The fourth-order valence-electron chi connectivity index (χ4n) is 3.11. The van der Waals surface area contributed by atoms with Crippen molar-refractivity contribution in [1.82, 2.24) is 9.88 Å². The molecule has 0 radical (unpaired) electrons. The van der Waals surface area contributed by atoms with Gasteiger partial charge in [-0.1, -0.05) is 18.2 Å². The monoisotopic (exact) mass is 361 g/mol. The summed E-state index contributed by atoms with van der Waals surface area (Å²) < 4.78 is 5.27. The predicted molar refractivity (Wildman–Crippen MR) is 103 cm³/mol. The number of anilines is 1. The van der Waals surface area contributed by atoms with E-state index in [1.165, 1.54) is 0 Å². The van der Waals surface area contributed by atoms with E-state index < -0.39 is 0 Å². The molecule has 2 heterocycles. The number of nitrogens with zero attached hydrogens (tertiary/aromatic N) is 2. The maximum absolute atomic E-state index is 12.6. The summed E-state index contributed by atoms with van der Waals surface area (Å²) in [6.45, 7) is 2.31. The molecule has 1 saturated heterocycles. The number of rotatable bonds is 3. The number of carbonyl (C=O) groups excluding carboxylic acids is 2. The lowest BCUT2D eigenvalue weighted by molar-refractivity contribution is 0.0303. The summed E-state index contributed by atoms with van der Waals surface area (Å²) in [6, 6.07) is 16.2. The summed E-state index contributed by atoms with van der Waals surface area (Å²) in [6.07, 6.45) is 1.70. The Kier molecular flexibility index (Phi) is 4.80. The minimum absolute atomic E-state index is 0.0384. The lowest BCUT2D eigenvalue weighted by Crippen LogP contribution is -2.40. The first-order valence-corrected chi connectivity index (χ1v) is 8.84. The van der Waals surface area contributed by atoms with E-state index in [1.807, 2.05) is 30.3 Å². The van der Waals surface area contributed by atoms with Gasteiger partial charge in [-0.15, -0.1) is 0 Å². The van der Waals surface area contributed by atoms with Gasteiger partial charge < -0.3 is 15.0 Å². The molecule has 1 fully saturated rings. The molecule has 1 aliphatic rings. The van der Waals surface area contributed by atoms with E-state index in [1.54, 1.807) is 35.4 Å². The topological polar surface area (TPSA) is 71.5 Å². The molecule has 1 N–H and O–H groups in total. The van der Waals surface area contributed by atoms with E-state index in [2.05, 4.69) is 10.3 Å². The maximum Gasteiger partial charge on any atom is 0.255 e. The Morgan fingerprint density at radius 3 is 2.41 bits per heavy atom. The van der Waals surface area contributed by atoms with Crippen LogP contribution >= 0.6 is 0 Å². The maximum atomic E-state index is 12.6. The summed E-state index contributed by atoms with van der Waals surface area (Å²) in [7, 11) is 0. The standard InChI is InChI=1S/C21H19N3O3/c25-20(23-18-5-1-3-15-4-2-10-22-19(15)18)16-6-8-17(9-7-16)21(26)24-11-13-27-14-12-24/h1-10H,11-14H2,(H,23,25). The van der Waals surface area contributed by atoms with E-state index in [0.29, 0.717) is 43.1 Å². The molecule has 27 heavy (non-hydrogen) atoms. The summed E-state index contributed by atoms with van der Waals surface area (Å²) in [5, 5.41) is 3.86. The molecule has 0 bridgehead atoms. The Morgan fingerprint density at radius 1 is 0.926 bits per heavy atom. The Labute approximate surface area is 156 Å². The molecule has 6 heteroatoms. The van der Waals surface area contributed by atoms with Crippen LogP contribution in [-0.4, -0.2) is 48.0 Å². The highest BCUT2D eigenvalue weighted by Gasteiger charge is 2.19. The third-order valence-corrected chi connectivity index (χ3v) is 4.57. The van der Waals surface area contributed by atoms with Gasteiger partial charge in [-0.2, -0.15) is 0 Å².